The van der Waals surface area contributed by atoms with Crippen LogP contribution in [0.3, 0.4) is 0 Å². The molecule has 1 unspecified atom stereocenters. The highest BCUT2D eigenvalue weighted by molar-refractivity contribution is 7.99. The Morgan fingerprint density at radius 1 is 1.12 bits per heavy atom. The van der Waals surface area contributed by atoms with Gasteiger partial charge in [-0.2, -0.15) is 0 Å². The van der Waals surface area contributed by atoms with Crippen molar-refractivity contribution in [3.8, 4) is 0 Å². The summed E-state index contributed by atoms with van der Waals surface area (Å²) in [6.45, 7) is 1.54. The zero-order valence-corrected chi connectivity index (χ0v) is 20.4. The number of rotatable bonds is 9. The molecular weight excluding hydrogens is 448 g/mol. The minimum Gasteiger partial charge on any atom is -0.481 e. The largest absolute Gasteiger partial charge is 0.481 e. The van der Waals surface area contributed by atoms with E-state index in [9.17, 15) is 14.7 Å². The van der Waals surface area contributed by atoms with Gasteiger partial charge in [0.15, 0.2) is 0 Å². The molecule has 0 aromatic carbocycles. The van der Waals surface area contributed by atoms with Crippen LogP contribution in [-0.2, 0) is 11.2 Å². The molecule has 0 bridgehead atoms. The maximum atomic E-state index is 13.2. The van der Waals surface area contributed by atoms with Crippen LogP contribution in [0.5, 0.6) is 0 Å². The number of pyridine rings is 2. The maximum Gasteiger partial charge on any atom is 0.303 e. The van der Waals surface area contributed by atoms with Gasteiger partial charge in [-0.05, 0) is 61.8 Å². The van der Waals surface area contributed by atoms with E-state index in [1.807, 2.05) is 24.4 Å². The Hall–Kier alpha value is -2.61. The molecule has 182 valence electrons. The number of nitrogens with zero attached hydrogens (tertiary/aromatic N) is 3. The summed E-state index contributed by atoms with van der Waals surface area (Å²) in [5, 5.41) is 13.2. The van der Waals surface area contributed by atoms with Crippen LogP contribution < -0.4 is 10.2 Å². The molecule has 1 atom stereocenters. The van der Waals surface area contributed by atoms with Gasteiger partial charge in [0.05, 0.1) is 5.56 Å². The molecule has 34 heavy (non-hydrogen) atoms. The van der Waals surface area contributed by atoms with Crippen molar-refractivity contribution in [1.29, 1.82) is 0 Å². The first-order chi connectivity index (χ1) is 16.6. The Morgan fingerprint density at radius 3 is 2.74 bits per heavy atom. The molecule has 1 amide bonds. The van der Waals surface area contributed by atoms with Crippen molar-refractivity contribution in [2.24, 2.45) is 5.92 Å². The number of carboxylic acid groups (broad SMARTS) is 1. The van der Waals surface area contributed by atoms with Gasteiger partial charge < -0.3 is 15.3 Å². The van der Waals surface area contributed by atoms with Crippen molar-refractivity contribution >= 4 is 29.5 Å². The number of carbonyl (C=O) groups excluding carboxylic acids is 1. The van der Waals surface area contributed by atoms with Gasteiger partial charge in [0.2, 0.25) is 0 Å². The van der Waals surface area contributed by atoms with Gasteiger partial charge in [-0.1, -0.05) is 25.3 Å². The van der Waals surface area contributed by atoms with E-state index in [1.165, 1.54) is 19.3 Å². The lowest BCUT2D eigenvalue weighted by atomic mass is 9.95. The minimum absolute atomic E-state index is 0.0442. The van der Waals surface area contributed by atoms with E-state index in [4.69, 9.17) is 4.98 Å². The molecule has 1 aliphatic heterocycles. The fourth-order valence-corrected chi connectivity index (χ4v) is 5.90. The number of carbonyl (C=O) groups is 2. The van der Waals surface area contributed by atoms with Crippen molar-refractivity contribution in [1.82, 2.24) is 15.3 Å². The summed E-state index contributed by atoms with van der Waals surface area (Å²) in [5.41, 5.74) is 1.79. The second-order valence-electron chi connectivity index (χ2n) is 9.34. The Labute approximate surface area is 205 Å². The number of aromatic nitrogens is 2. The lowest BCUT2D eigenvalue weighted by Gasteiger charge is -2.33. The number of amides is 1. The minimum atomic E-state index is -0.749. The molecule has 2 N–H and O–H groups in total. The lowest BCUT2D eigenvalue weighted by Crippen LogP contribution is -2.38. The number of thioether (sulfide) groups is 1. The number of hydrogen-bond donors (Lipinski definition) is 2. The van der Waals surface area contributed by atoms with Gasteiger partial charge in [0.1, 0.15) is 10.8 Å². The summed E-state index contributed by atoms with van der Waals surface area (Å²) < 4.78 is 0. The molecule has 8 heteroatoms. The first-order valence-electron chi connectivity index (χ1n) is 12.4. The van der Waals surface area contributed by atoms with Gasteiger partial charge in [-0.3, -0.25) is 14.6 Å². The number of piperidine rings is 1. The molecule has 0 radical (unpaired) electrons. The highest BCUT2D eigenvalue weighted by Gasteiger charge is 2.25. The Kier molecular flexibility index (Phi) is 8.79. The molecule has 2 aromatic heterocycles. The first kappa shape index (κ1) is 24.5. The number of hydrogen-bond acceptors (Lipinski definition) is 6. The SMILES string of the molecule is O=C(O)CC1CCCN(c2ccc(C(=O)NC3CCCCC3)c(SCCc3cccnc3)n2)C1. The number of aryl methyl sites for hydroxylation is 1. The zero-order valence-electron chi connectivity index (χ0n) is 19.6. The van der Waals surface area contributed by atoms with E-state index >= 15 is 0 Å². The Balaban J connectivity index is 1.49. The van der Waals surface area contributed by atoms with Crippen molar-refractivity contribution in [3.63, 3.8) is 0 Å². The maximum absolute atomic E-state index is 13.2. The highest BCUT2D eigenvalue weighted by atomic mass is 32.2. The normalized spacial score (nSPS) is 19.1. The number of carboxylic acids is 1. The van der Waals surface area contributed by atoms with E-state index in [2.05, 4.69) is 21.3 Å². The second kappa shape index (κ2) is 12.2. The van der Waals surface area contributed by atoms with E-state index in [1.54, 1.807) is 18.0 Å². The summed E-state index contributed by atoms with van der Waals surface area (Å²) in [7, 11) is 0. The van der Waals surface area contributed by atoms with Crippen LogP contribution in [0.15, 0.2) is 41.7 Å². The molecule has 2 fully saturated rings. The Bertz CT molecular complexity index is 966. The number of aliphatic carboxylic acids is 1. The summed E-state index contributed by atoms with van der Waals surface area (Å²) >= 11 is 1.60. The van der Waals surface area contributed by atoms with Gasteiger partial charge in [0, 0.05) is 43.7 Å². The zero-order chi connectivity index (χ0) is 23.8. The van der Waals surface area contributed by atoms with Crippen LogP contribution in [-0.4, -0.2) is 51.8 Å². The third-order valence-electron chi connectivity index (χ3n) is 6.69. The molecule has 1 saturated heterocycles. The van der Waals surface area contributed by atoms with Crippen molar-refractivity contribution in [2.75, 3.05) is 23.7 Å². The molecule has 1 saturated carbocycles. The fraction of sp³-hybridized carbons (Fsp3) is 0.538. The highest BCUT2D eigenvalue weighted by Crippen LogP contribution is 2.29. The number of nitrogens with one attached hydrogen (secondary N) is 1. The average molecular weight is 483 g/mol. The molecule has 7 nitrogen and oxygen atoms in total. The van der Waals surface area contributed by atoms with Crippen LogP contribution in [0.25, 0.3) is 0 Å². The average Bonchev–Trinajstić information content (AvgIpc) is 2.85. The van der Waals surface area contributed by atoms with E-state index < -0.39 is 5.97 Å². The first-order valence-corrected chi connectivity index (χ1v) is 13.4. The van der Waals surface area contributed by atoms with Crippen molar-refractivity contribution in [2.45, 2.75) is 68.9 Å². The summed E-state index contributed by atoms with van der Waals surface area (Å²) in [6, 6.07) is 8.06. The van der Waals surface area contributed by atoms with E-state index in [0.717, 1.165) is 60.8 Å². The summed E-state index contributed by atoms with van der Waals surface area (Å²) in [6.07, 6.45) is 12.2. The third kappa shape index (κ3) is 6.95. The molecule has 1 aliphatic carbocycles. The van der Waals surface area contributed by atoms with Crippen molar-refractivity contribution < 1.29 is 14.7 Å². The van der Waals surface area contributed by atoms with Crippen LogP contribution in [0.1, 0.15) is 67.3 Å². The van der Waals surface area contributed by atoms with Crippen LogP contribution in [0.2, 0.25) is 0 Å². The topological polar surface area (TPSA) is 95.4 Å². The fourth-order valence-electron chi connectivity index (χ4n) is 4.90. The third-order valence-corrected chi connectivity index (χ3v) is 7.68. The Morgan fingerprint density at radius 2 is 1.97 bits per heavy atom. The summed E-state index contributed by atoms with van der Waals surface area (Å²) in [4.78, 5) is 35.6. The van der Waals surface area contributed by atoms with Gasteiger partial charge in [0.25, 0.3) is 5.91 Å². The summed E-state index contributed by atoms with van der Waals surface area (Å²) in [5.74, 6) is 0.962. The smallest absolute Gasteiger partial charge is 0.303 e. The molecule has 0 spiro atoms. The van der Waals surface area contributed by atoms with Crippen LogP contribution in [0.4, 0.5) is 5.82 Å². The van der Waals surface area contributed by atoms with Gasteiger partial charge in [-0.15, -0.1) is 11.8 Å². The van der Waals surface area contributed by atoms with Crippen LogP contribution >= 0.6 is 11.8 Å². The van der Waals surface area contributed by atoms with Crippen LogP contribution in [0, 0.1) is 5.92 Å². The standard InChI is InChI=1S/C26H34N4O3S/c31-24(32)16-20-7-5-14-30(18-20)23-11-10-22(25(33)28-21-8-2-1-3-9-21)26(29-23)34-15-12-19-6-4-13-27-17-19/h4,6,10-11,13,17,20-21H,1-3,5,7-9,12,14-16,18H2,(H,28,33)(H,31,32). The van der Waals surface area contributed by atoms with Gasteiger partial charge >= 0.3 is 5.97 Å². The number of anilines is 1. The van der Waals surface area contributed by atoms with Gasteiger partial charge in [-0.25, -0.2) is 4.98 Å². The predicted molar refractivity (Wildman–Crippen MR) is 134 cm³/mol. The quantitative estimate of drug-likeness (QED) is 0.506. The predicted octanol–water partition coefficient (Wildman–Crippen LogP) is 4.57. The lowest BCUT2D eigenvalue weighted by molar-refractivity contribution is -0.138. The monoisotopic (exact) mass is 482 g/mol. The molecule has 2 aliphatic rings. The van der Waals surface area contributed by atoms with E-state index in [-0.39, 0.29) is 24.3 Å². The van der Waals surface area contributed by atoms with E-state index in [0.29, 0.717) is 12.1 Å². The molecule has 4 rings (SSSR count). The molecular formula is C26H34N4O3S. The molecule has 3 heterocycles. The molecule has 2 aromatic rings. The van der Waals surface area contributed by atoms with Crippen molar-refractivity contribution in [3.05, 3.63) is 47.8 Å². The second-order valence-corrected chi connectivity index (χ2v) is 10.4.